The van der Waals surface area contributed by atoms with Crippen molar-refractivity contribution in [2.75, 3.05) is 14.2 Å². The van der Waals surface area contributed by atoms with Gasteiger partial charge in [-0.2, -0.15) is 0 Å². The summed E-state index contributed by atoms with van der Waals surface area (Å²) in [7, 11) is 2.84. The molecule has 0 bridgehead atoms. The highest BCUT2D eigenvalue weighted by Crippen LogP contribution is 2.34. The standard InChI is InChI=1S/C13H17BrO4/c1-4-9(13(16)18-3)12(15)10-7-8(14)5-6-11(10)17-2/h5-7,9,12,15H,4H2,1-3H3. The van der Waals surface area contributed by atoms with Crippen molar-refractivity contribution >= 4 is 21.9 Å². The first kappa shape index (κ1) is 15.0. The van der Waals surface area contributed by atoms with Crippen molar-refractivity contribution in [3.8, 4) is 5.75 Å². The van der Waals surface area contributed by atoms with Crippen molar-refractivity contribution in [3.05, 3.63) is 28.2 Å². The van der Waals surface area contributed by atoms with Crippen LogP contribution in [0.5, 0.6) is 5.75 Å². The number of carbonyl (C=O) groups excluding carboxylic acids is 1. The van der Waals surface area contributed by atoms with Crippen molar-refractivity contribution in [3.63, 3.8) is 0 Å². The van der Waals surface area contributed by atoms with E-state index < -0.39 is 18.0 Å². The quantitative estimate of drug-likeness (QED) is 0.849. The SMILES string of the molecule is CCC(C(=O)OC)C(O)c1cc(Br)ccc1OC. The average Bonchev–Trinajstić information content (AvgIpc) is 2.39. The summed E-state index contributed by atoms with van der Waals surface area (Å²) in [5, 5.41) is 10.3. The highest BCUT2D eigenvalue weighted by molar-refractivity contribution is 9.10. The number of ether oxygens (including phenoxy) is 2. The molecule has 0 aromatic heterocycles. The van der Waals surface area contributed by atoms with Crippen LogP contribution >= 0.6 is 15.9 Å². The molecule has 0 aliphatic carbocycles. The van der Waals surface area contributed by atoms with E-state index >= 15 is 0 Å². The lowest BCUT2D eigenvalue weighted by atomic mass is 9.93. The van der Waals surface area contributed by atoms with Crippen LogP contribution in [0.2, 0.25) is 0 Å². The van der Waals surface area contributed by atoms with Crippen LogP contribution in [0.3, 0.4) is 0 Å². The minimum absolute atomic E-state index is 0.424. The minimum Gasteiger partial charge on any atom is -0.496 e. The lowest BCUT2D eigenvalue weighted by Gasteiger charge is -2.21. The predicted octanol–water partition coefficient (Wildman–Crippen LogP) is 2.69. The number of aliphatic hydroxyl groups excluding tert-OH is 1. The van der Waals surface area contributed by atoms with Gasteiger partial charge in [0.05, 0.1) is 26.2 Å². The summed E-state index contributed by atoms with van der Waals surface area (Å²) in [6.45, 7) is 1.83. The highest BCUT2D eigenvalue weighted by Gasteiger charge is 2.29. The van der Waals surface area contributed by atoms with Crippen LogP contribution in [0.25, 0.3) is 0 Å². The van der Waals surface area contributed by atoms with Crippen LogP contribution in [0.1, 0.15) is 25.0 Å². The molecule has 0 heterocycles. The van der Waals surface area contributed by atoms with Gasteiger partial charge in [-0.3, -0.25) is 4.79 Å². The molecule has 18 heavy (non-hydrogen) atoms. The fraction of sp³-hybridized carbons (Fsp3) is 0.462. The van der Waals surface area contributed by atoms with E-state index in [1.807, 2.05) is 13.0 Å². The van der Waals surface area contributed by atoms with Gasteiger partial charge in [0.1, 0.15) is 5.75 Å². The zero-order chi connectivity index (χ0) is 13.7. The highest BCUT2D eigenvalue weighted by atomic mass is 79.9. The molecule has 0 spiro atoms. The van der Waals surface area contributed by atoms with Gasteiger partial charge in [-0.25, -0.2) is 0 Å². The Kier molecular flexibility index (Phi) is 5.62. The van der Waals surface area contributed by atoms with E-state index in [-0.39, 0.29) is 0 Å². The number of carbonyl (C=O) groups is 1. The summed E-state index contributed by atoms with van der Waals surface area (Å²) in [5.74, 6) is -0.474. The molecule has 1 aromatic carbocycles. The van der Waals surface area contributed by atoms with Crippen molar-refractivity contribution in [2.45, 2.75) is 19.4 Å². The summed E-state index contributed by atoms with van der Waals surface area (Å²) in [6.07, 6.45) is -0.460. The normalized spacial score (nSPS) is 13.8. The van der Waals surface area contributed by atoms with E-state index in [2.05, 4.69) is 15.9 Å². The van der Waals surface area contributed by atoms with Crippen LogP contribution < -0.4 is 4.74 Å². The molecule has 1 N–H and O–H groups in total. The number of hydrogen-bond donors (Lipinski definition) is 1. The lowest BCUT2D eigenvalue weighted by molar-refractivity contribution is -0.149. The molecule has 5 heteroatoms. The monoisotopic (exact) mass is 316 g/mol. The topological polar surface area (TPSA) is 55.8 Å². The second kappa shape index (κ2) is 6.75. The van der Waals surface area contributed by atoms with Crippen LogP contribution in [-0.4, -0.2) is 25.3 Å². The van der Waals surface area contributed by atoms with Gasteiger partial charge in [0.2, 0.25) is 0 Å². The molecule has 1 aromatic rings. The maximum Gasteiger partial charge on any atom is 0.311 e. The zero-order valence-corrected chi connectivity index (χ0v) is 12.2. The third-order valence-electron chi connectivity index (χ3n) is 2.84. The predicted molar refractivity (Wildman–Crippen MR) is 71.5 cm³/mol. The molecule has 100 valence electrons. The Bertz CT molecular complexity index is 419. The smallest absolute Gasteiger partial charge is 0.311 e. The molecule has 0 aliphatic heterocycles. The lowest BCUT2D eigenvalue weighted by Crippen LogP contribution is -2.23. The van der Waals surface area contributed by atoms with Crippen LogP contribution in [0, 0.1) is 5.92 Å². The average molecular weight is 317 g/mol. The number of aliphatic hydroxyl groups is 1. The number of methoxy groups -OCH3 is 2. The molecular weight excluding hydrogens is 300 g/mol. The maximum absolute atomic E-state index is 11.6. The minimum atomic E-state index is -0.949. The third-order valence-corrected chi connectivity index (χ3v) is 3.33. The molecule has 0 radical (unpaired) electrons. The second-order valence-electron chi connectivity index (χ2n) is 3.87. The van der Waals surface area contributed by atoms with Gasteiger partial charge in [0, 0.05) is 10.0 Å². The molecule has 0 aliphatic rings. The summed E-state index contributed by atoms with van der Waals surface area (Å²) < 4.78 is 10.7. The molecular formula is C13H17BrO4. The first-order chi connectivity index (χ1) is 8.54. The Morgan fingerprint density at radius 1 is 1.44 bits per heavy atom. The second-order valence-corrected chi connectivity index (χ2v) is 4.78. The summed E-state index contributed by atoms with van der Waals surface area (Å²) in [4.78, 5) is 11.6. The van der Waals surface area contributed by atoms with Gasteiger partial charge in [-0.05, 0) is 24.6 Å². The van der Waals surface area contributed by atoms with Gasteiger partial charge in [0.25, 0.3) is 0 Å². The molecule has 2 atom stereocenters. The van der Waals surface area contributed by atoms with Gasteiger partial charge < -0.3 is 14.6 Å². The number of hydrogen-bond acceptors (Lipinski definition) is 4. The van der Waals surface area contributed by atoms with Crippen LogP contribution in [0.15, 0.2) is 22.7 Å². The Balaban J connectivity index is 3.11. The Morgan fingerprint density at radius 2 is 2.11 bits per heavy atom. The van der Waals surface area contributed by atoms with Crippen molar-refractivity contribution in [2.24, 2.45) is 5.92 Å². The Morgan fingerprint density at radius 3 is 2.61 bits per heavy atom. The van der Waals surface area contributed by atoms with Gasteiger partial charge in [-0.15, -0.1) is 0 Å². The van der Waals surface area contributed by atoms with Gasteiger partial charge in [-0.1, -0.05) is 22.9 Å². The van der Waals surface area contributed by atoms with E-state index in [4.69, 9.17) is 9.47 Å². The number of benzene rings is 1. The molecule has 0 saturated carbocycles. The van der Waals surface area contributed by atoms with E-state index in [1.165, 1.54) is 14.2 Å². The van der Waals surface area contributed by atoms with Crippen LogP contribution in [0.4, 0.5) is 0 Å². The molecule has 2 unspecified atom stereocenters. The van der Waals surface area contributed by atoms with Crippen LogP contribution in [-0.2, 0) is 9.53 Å². The molecule has 1 rings (SSSR count). The molecule has 4 nitrogen and oxygen atoms in total. The first-order valence-corrected chi connectivity index (χ1v) is 6.43. The van der Waals surface area contributed by atoms with Crippen molar-refractivity contribution in [1.29, 1.82) is 0 Å². The van der Waals surface area contributed by atoms with E-state index in [9.17, 15) is 9.90 Å². The van der Waals surface area contributed by atoms with E-state index in [1.54, 1.807) is 12.1 Å². The zero-order valence-electron chi connectivity index (χ0n) is 10.6. The fourth-order valence-electron chi connectivity index (χ4n) is 1.82. The number of esters is 1. The molecule has 0 fully saturated rings. The first-order valence-electron chi connectivity index (χ1n) is 5.64. The van der Waals surface area contributed by atoms with Gasteiger partial charge in [0.15, 0.2) is 0 Å². The van der Waals surface area contributed by atoms with E-state index in [0.717, 1.165) is 4.47 Å². The molecule has 0 amide bonds. The number of halogens is 1. The number of rotatable bonds is 5. The third kappa shape index (κ3) is 3.23. The summed E-state index contributed by atoms with van der Waals surface area (Å²) in [6, 6.07) is 5.30. The van der Waals surface area contributed by atoms with Gasteiger partial charge >= 0.3 is 5.97 Å². The summed E-state index contributed by atoms with van der Waals surface area (Å²) in [5.41, 5.74) is 0.573. The fourth-order valence-corrected chi connectivity index (χ4v) is 2.20. The molecule has 0 saturated heterocycles. The van der Waals surface area contributed by atoms with Crippen molar-refractivity contribution in [1.82, 2.24) is 0 Å². The van der Waals surface area contributed by atoms with Crippen molar-refractivity contribution < 1.29 is 19.4 Å². The maximum atomic E-state index is 11.6. The van der Waals surface area contributed by atoms with E-state index in [0.29, 0.717) is 17.7 Å². The Labute approximate surface area is 115 Å². The Hall–Kier alpha value is -1.07. The summed E-state index contributed by atoms with van der Waals surface area (Å²) >= 11 is 3.34. The largest absolute Gasteiger partial charge is 0.496 e.